The van der Waals surface area contributed by atoms with Gasteiger partial charge in [-0.05, 0) is 30.5 Å². The Morgan fingerprint density at radius 2 is 2.20 bits per heavy atom. The number of aromatic nitrogens is 3. The van der Waals surface area contributed by atoms with Crippen molar-refractivity contribution in [2.24, 2.45) is 7.05 Å². The molecule has 25 heavy (non-hydrogen) atoms. The van der Waals surface area contributed by atoms with Crippen LogP contribution in [0.4, 0.5) is 5.69 Å². The van der Waals surface area contributed by atoms with Gasteiger partial charge in [0, 0.05) is 25.2 Å². The molecule has 0 saturated heterocycles. The van der Waals surface area contributed by atoms with Crippen LogP contribution in [0.5, 0.6) is 0 Å². The van der Waals surface area contributed by atoms with Crippen LogP contribution in [0.15, 0.2) is 36.9 Å². The Balaban J connectivity index is 1.62. The number of fused-ring (bicyclic) bond motifs is 1. The number of aryl methyl sites for hydroxylation is 1. The van der Waals surface area contributed by atoms with E-state index in [9.17, 15) is 9.59 Å². The number of nitrogens with one attached hydrogen (secondary N) is 2. The minimum atomic E-state index is -0.296. The Hall–Kier alpha value is -2.96. The van der Waals surface area contributed by atoms with Crippen molar-refractivity contribution in [1.29, 1.82) is 0 Å². The molecule has 1 heterocycles. The highest BCUT2D eigenvalue weighted by molar-refractivity contribution is 5.99. The van der Waals surface area contributed by atoms with Crippen LogP contribution in [-0.4, -0.2) is 32.9 Å². The predicted molar refractivity (Wildman–Crippen MR) is 93.9 cm³/mol. The number of benzene rings is 1. The second-order valence-corrected chi connectivity index (χ2v) is 6.14. The first kappa shape index (κ1) is 16.9. The molecule has 2 amide bonds. The molecule has 2 N–H and O–H groups in total. The fourth-order valence-electron chi connectivity index (χ4n) is 3.09. The van der Waals surface area contributed by atoms with Gasteiger partial charge in [0.05, 0.1) is 17.8 Å². The van der Waals surface area contributed by atoms with E-state index in [1.807, 2.05) is 25.2 Å². The van der Waals surface area contributed by atoms with Crippen molar-refractivity contribution in [2.75, 3.05) is 5.32 Å². The van der Waals surface area contributed by atoms with Gasteiger partial charge in [-0.1, -0.05) is 30.0 Å². The molecule has 3 rings (SSSR count). The zero-order chi connectivity index (χ0) is 17.8. The van der Waals surface area contributed by atoms with Gasteiger partial charge in [-0.3, -0.25) is 14.3 Å². The third-order valence-electron chi connectivity index (χ3n) is 4.37. The average molecular weight is 339 g/mol. The lowest BCUT2D eigenvalue weighted by atomic mass is 9.95. The van der Waals surface area contributed by atoms with Gasteiger partial charge in [0.2, 0.25) is 11.8 Å². The van der Waals surface area contributed by atoms with E-state index < -0.39 is 0 Å². The topological polar surface area (TPSA) is 88.9 Å². The van der Waals surface area contributed by atoms with Gasteiger partial charge in [0.25, 0.3) is 0 Å². The van der Waals surface area contributed by atoms with E-state index in [0.29, 0.717) is 12.1 Å². The third kappa shape index (κ3) is 3.93. The standard InChI is InChI=1S/C18H21N5O2/c1-3-17(24)20-14-7-5-4-6-12(14)10-18(25)19-13-8-9-16-15(11-13)21-22-23(16)2/h3-7,13H,1,8-11H2,2H3,(H,19,25)(H,20,24). The van der Waals surface area contributed by atoms with Crippen LogP contribution >= 0.6 is 0 Å². The van der Waals surface area contributed by atoms with Gasteiger partial charge in [-0.2, -0.15) is 0 Å². The minimum absolute atomic E-state index is 0.0617. The molecular formula is C18H21N5O2. The first-order valence-electron chi connectivity index (χ1n) is 8.25. The van der Waals surface area contributed by atoms with Crippen molar-refractivity contribution in [1.82, 2.24) is 20.3 Å². The Morgan fingerprint density at radius 1 is 1.40 bits per heavy atom. The van der Waals surface area contributed by atoms with Crippen molar-refractivity contribution in [2.45, 2.75) is 31.7 Å². The average Bonchev–Trinajstić information content (AvgIpc) is 2.97. The molecule has 7 nitrogen and oxygen atoms in total. The quantitative estimate of drug-likeness (QED) is 0.800. The van der Waals surface area contributed by atoms with Crippen molar-refractivity contribution < 1.29 is 9.59 Å². The smallest absolute Gasteiger partial charge is 0.247 e. The van der Waals surface area contributed by atoms with Crippen LogP contribution in [0.25, 0.3) is 0 Å². The monoisotopic (exact) mass is 339 g/mol. The fourth-order valence-corrected chi connectivity index (χ4v) is 3.09. The molecule has 2 aromatic rings. The van der Waals surface area contributed by atoms with Gasteiger partial charge in [-0.25, -0.2) is 0 Å². The summed E-state index contributed by atoms with van der Waals surface area (Å²) < 4.78 is 1.80. The van der Waals surface area contributed by atoms with E-state index in [-0.39, 0.29) is 24.3 Å². The molecule has 1 aromatic carbocycles. The zero-order valence-electron chi connectivity index (χ0n) is 14.2. The zero-order valence-corrected chi connectivity index (χ0v) is 14.2. The molecule has 130 valence electrons. The van der Waals surface area contributed by atoms with Crippen LogP contribution in [0, 0.1) is 0 Å². The summed E-state index contributed by atoms with van der Waals surface area (Å²) in [4.78, 5) is 23.9. The Morgan fingerprint density at radius 3 is 3.00 bits per heavy atom. The predicted octanol–water partition coefficient (Wildman–Crippen LogP) is 1.16. The van der Waals surface area contributed by atoms with E-state index in [1.54, 1.807) is 10.7 Å². The number of rotatable bonds is 5. The number of carbonyl (C=O) groups excluding carboxylic acids is 2. The molecule has 1 aromatic heterocycles. The third-order valence-corrected chi connectivity index (χ3v) is 4.37. The lowest BCUT2D eigenvalue weighted by molar-refractivity contribution is -0.121. The van der Waals surface area contributed by atoms with E-state index in [0.717, 1.165) is 29.8 Å². The summed E-state index contributed by atoms with van der Waals surface area (Å²) >= 11 is 0. The molecule has 1 unspecified atom stereocenters. The number of carbonyl (C=O) groups is 2. The van der Waals surface area contributed by atoms with Gasteiger partial charge < -0.3 is 10.6 Å². The molecule has 1 aliphatic rings. The van der Waals surface area contributed by atoms with E-state index >= 15 is 0 Å². The van der Waals surface area contributed by atoms with E-state index in [4.69, 9.17) is 0 Å². The van der Waals surface area contributed by atoms with Crippen LogP contribution in [0.3, 0.4) is 0 Å². The lowest BCUT2D eigenvalue weighted by Crippen LogP contribution is -2.40. The highest BCUT2D eigenvalue weighted by Crippen LogP contribution is 2.19. The van der Waals surface area contributed by atoms with Gasteiger partial charge >= 0.3 is 0 Å². The summed E-state index contributed by atoms with van der Waals surface area (Å²) in [6.07, 6.45) is 3.84. The van der Waals surface area contributed by atoms with Crippen LogP contribution < -0.4 is 10.6 Å². The van der Waals surface area contributed by atoms with Crippen molar-refractivity contribution in [3.05, 3.63) is 53.9 Å². The van der Waals surface area contributed by atoms with Crippen LogP contribution in [-0.2, 0) is 35.9 Å². The Kier molecular flexibility index (Phi) is 4.92. The molecule has 0 bridgehead atoms. The number of para-hydroxylation sites is 1. The maximum atomic E-state index is 12.4. The van der Waals surface area contributed by atoms with Gasteiger partial charge in [0.1, 0.15) is 0 Å². The largest absolute Gasteiger partial charge is 0.353 e. The van der Waals surface area contributed by atoms with Gasteiger partial charge in [0.15, 0.2) is 0 Å². The molecule has 1 aliphatic carbocycles. The van der Waals surface area contributed by atoms with Crippen molar-refractivity contribution >= 4 is 17.5 Å². The Bertz CT molecular complexity index is 812. The summed E-state index contributed by atoms with van der Waals surface area (Å²) in [7, 11) is 1.89. The number of nitrogens with zero attached hydrogens (tertiary/aromatic N) is 3. The SMILES string of the molecule is C=CC(=O)Nc1ccccc1CC(=O)NC1CCc2c(nnn2C)C1. The minimum Gasteiger partial charge on any atom is -0.353 e. The summed E-state index contributed by atoms with van der Waals surface area (Å²) in [5, 5.41) is 14.0. The van der Waals surface area contributed by atoms with E-state index in [1.165, 1.54) is 6.08 Å². The molecular weight excluding hydrogens is 318 g/mol. The second-order valence-electron chi connectivity index (χ2n) is 6.14. The lowest BCUT2D eigenvalue weighted by Gasteiger charge is -2.22. The van der Waals surface area contributed by atoms with Crippen LogP contribution in [0.1, 0.15) is 23.4 Å². The maximum absolute atomic E-state index is 12.4. The first-order valence-corrected chi connectivity index (χ1v) is 8.25. The molecule has 0 radical (unpaired) electrons. The number of hydrogen-bond acceptors (Lipinski definition) is 4. The highest BCUT2D eigenvalue weighted by atomic mass is 16.2. The number of anilines is 1. The first-order chi connectivity index (χ1) is 12.1. The summed E-state index contributed by atoms with van der Waals surface area (Å²) in [5.41, 5.74) is 3.49. The summed E-state index contributed by atoms with van der Waals surface area (Å²) in [6, 6.07) is 7.33. The molecule has 0 fully saturated rings. The number of amides is 2. The molecule has 0 spiro atoms. The maximum Gasteiger partial charge on any atom is 0.247 e. The molecule has 0 aliphatic heterocycles. The van der Waals surface area contributed by atoms with Gasteiger partial charge in [-0.15, -0.1) is 5.10 Å². The summed E-state index contributed by atoms with van der Waals surface area (Å²) in [6.45, 7) is 3.44. The molecule has 7 heteroatoms. The summed E-state index contributed by atoms with van der Waals surface area (Å²) in [5.74, 6) is -0.368. The second kappa shape index (κ2) is 7.29. The number of hydrogen-bond donors (Lipinski definition) is 2. The van der Waals surface area contributed by atoms with E-state index in [2.05, 4.69) is 27.5 Å². The highest BCUT2D eigenvalue weighted by Gasteiger charge is 2.24. The Labute approximate surface area is 146 Å². The molecule has 0 saturated carbocycles. The molecule has 1 atom stereocenters. The normalized spacial score (nSPS) is 16.0. The fraction of sp³-hybridized carbons (Fsp3) is 0.333. The van der Waals surface area contributed by atoms with Crippen LogP contribution in [0.2, 0.25) is 0 Å². The van der Waals surface area contributed by atoms with Crippen molar-refractivity contribution in [3.8, 4) is 0 Å². The van der Waals surface area contributed by atoms with Crippen molar-refractivity contribution in [3.63, 3.8) is 0 Å².